The largest absolute Gasteiger partial charge is 0.388 e. The summed E-state index contributed by atoms with van der Waals surface area (Å²) in [5.41, 5.74) is -0.724. The van der Waals surface area contributed by atoms with Gasteiger partial charge in [-0.05, 0) is 39.0 Å². The predicted octanol–water partition coefficient (Wildman–Crippen LogP) is 2.07. The first-order chi connectivity index (χ1) is 12.2. The Morgan fingerprint density at radius 2 is 1.96 bits per heavy atom. The number of guanidine groups is 1. The van der Waals surface area contributed by atoms with Gasteiger partial charge in [0.2, 0.25) is 0 Å². The van der Waals surface area contributed by atoms with Gasteiger partial charge in [0, 0.05) is 45.8 Å². The van der Waals surface area contributed by atoms with Crippen LogP contribution in [0.4, 0.5) is 0 Å². The van der Waals surface area contributed by atoms with Gasteiger partial charge in [-0.1, -0.05) is 12.8 Å². The first kappa shape index (κ1) is 20.5. The summed E-state index contributed by atoms with van der Waals surface area (Å²) in [6.07, 6.45) is 7.95. The van der Waals surface area contributed by atoms with E-state index in [4.69, 9.17) is 9.47 Å². The summed E-state index contributed by atoms with van der Waals surface area (Å²) in [6, 6.07) is 0. The minimum Gasteiger partial charge on any atom is -0.388 e. The van der Waals surface area contributed by atoms with Crippen molar-refractivity contribution in [1.29, 1.82) is 0 Å². The molecule has 1 heterocycles. The molecule has 0 amide bonds. The van der Waals surface area contributed by atoms with E-state index in [1.165, 1.54) is 25.7 Å². The maximum atomic E-state index is 10.6. The molecule has 0 aromatic carbocycles. The van der Waals surface area contributed by atoms with Crippen LogP contribution in [0.3, 0.4) is 0 Å². The van der Waals surface area contributed by atoms with Crippen LogP contribution in [0.1, 0.15) is 58.8 Å². The zero-order chi connectivity index (χ0) is 18.0. The Balaban J connectivity index is 1.79. The van der Waals surface area contributed by atoms with E-state index in [1.54, 1.807) is 0 Å². The standard InChI is InChI=1S/C19H37N3O3/c1-3-20-18(22-15-19(23)10-13-24-14-11-19)21-12-9-17(25-4-2)16-7-5-6-8-16/h16-17,23H,3-15H2,1-2H3,(H2,20,21,22). The summed E-state index contributed by atoms with van der Waals surface area (Å²) in [4.78, 5) is 4.60. The molecule has 0 spiro atoms. The average molecular weight is 356 g/mol. The van der Waals surface area contributed by atoms with Crippen LogP contribution in [0.5, 0.6) is 0 Å². The highest BCUT2D eigenvalue weighted by Crippen LogP contribution is 2.30. The molecule has 1 aliphatic heterocycles. The van der Waals surface area contributed by atoms with Crippen LogP contribution in [0, 0.1) is 5.92 Å². The maximum absolute atomic E-state index is 10.6. The van der Waals surface area contributed by atoms with Crippen LogP contribution < -0.4 is 10.6 Å². The van der Waals surface area contributed by atoms with Gasteiger partial charge in [-0.15, -0.1) is 0 Å². The van der Waals surface area contributed by atoms with Crippen molar-refractivity contribution in [2.45, 2.75) is 70.5 Å². The van der Waals surface area contributed by atoms with Crippen molar-refractivity contribution in [3.8, 4) is 0 Å². The second-order valence-corrected chi connectivity index (χ2v) is 7.29. The second-order valence-electron chi connectivity index (χ2n) is 7.29. The molecule has 6 heteroatoms. The lowest BCUT2D eigenvalue weighted by Gasteiger charge is -2.30. The molecule has 146 valence electrons. The average Bonchev–Trinajstić information content (AvgIpc) is 3.14. The van der Waals surface area contributed by atoms with E-state index in [2.05, 4.69) is 29.5 Å². The van der Waals surface area contributed by atoms with Gasteiger partial charge in [-0.3, -0.25) is 4.99 Å². The lowest BCUT2D eigenvalue weighted by molar-refractivity contribution is -0.0566. The quantitative estimate of drug-likeness (QED) is 0.436. The molecule has 2 fully saturated rings. The van der Waals surface area contributed by atoms with Gasteiger partial charge in [-0.2, -0.15) is 0 Å². The Labute approximate surface area is 152 Å². The summed E-state index contributed by atoms with van der Waals surface area (Å²) < 4.78 is 11.3. The molecule has 1 saturated heterocycles. The van der Waals surface area contributed by atoms with E-state index in [-0.39, 0.29) is 0 Å². The first-order valence-electron chi connectivity index (χ1n) is 10.1. The SMILES string of the molecule is CCNC(=NCC1(O)CCOCC1)NCCC(OCC)C1CCCC1. The van der Waals surface area contributed by atoms with E-state index in [9.17, 15) is 5.11 Å². The highest BCUT2D eigenvalue weighted by Gasteiger charge is 2.29. The number of aliphatic hydroxyl groups is 1. The highest BCUT2D eigenvalue weighted by atomic mass is 16.5. The summed E-state index contributed by atoms with van der Waals surface area (Å²) in [7, 11) is 0. The number of hydrogen-bond acceptors (Lipinski definition) is 4. The summed E-state index contributed by atoms with van der Waals surface area (Å²) in [6.45, 7) is 8.23. The third-order valence-electron chi connectivity index (χ3n) is 5.33. The normalized spacial score (nSPS) is 22.8. The molecule has 1 aliphatic carbocycles. The Hall–Kier alpha value is -0.850. The predicted molar refractivity (Wildman–Crippen MR) is 101 cm³/mol. The van der Waals surface area contributed by atoms with Gasteiger partial charge in [-0.25, -0.2) is 0 Å². The van der Waals surface area contributed by atoms with Crippen molar-refractivity contribution in [1.82, 2.24) is 10.6 Å². The third-order valence-corrected chi connectivity index (χ3v) is 5.33. The topological polar surface area (TPSA) is 75.1 Å². The molecule has 3 N–H and O–H groups in total. The number of nitrogens with one attached hydrogen (secondary N) is 2. The molecule has 2 rings (SSSR count). The maximum Gasteiger partial charge on any atom is 0.191 e. The molecule has 1 saturated carbocycles. The van der Waals surface area contributed by atoms with Gasteiger partial charge in [0.1, 0.15) is 0 Å². The van der Waals surface area contributed by atoms with Crippen LogP contribution in [0.15, 0.2) is 4.99 Å². The smallest absolute Gasteiger partial charge is 0.191 e. The third kappa shape index (κ3) is 7.12. The van der Waals surface area contributed by atoms with Gasteiger partial charge in [0.15, 0.2) is 5.96 Å². The van der Waals surface area contributed by atoms with E-state index in [0.717, 1.165) is 32.1 Å². The lowest BCUT2D eigenvalue weighted by atomic mass is 9.95. The Kier molecular flexibility index (Phi) is 8.99. The minimum absolute atomic E-state index is 0.350. The molecule has 0 radical (unpaired) electrons. The van der Waals surface area contributed by atoms with Gasteiger partial charge in [0.05, 0.1) is 18.2 Å². The first-order valence-corrected chi connectivity index (χ1v) is 10.1. The molecule has 1 unspecified atom stereocenters. The van der Waals surface area contributed by atoms with E-state index in [0.29, 0.717) is 44.6 Å². The van der Waals surface area contributed by atoms with Crippen LogP contribution in [-0.4, -0.2) is 62.2 Å². The molecular formula is C19H37N3O3. The van der Waals surface area contributed by atoms with Crippen LogP contribution >= 0.6 is 0 Å². The molecule has 1 atom stereocenters. The molecule has 0 aromatic rings. The Morgan fingerprint density at radius 3 is 2.60 bits per heavy atom. The number of ether oxygens (including phenoxy) is 2. The zero-order valence-electron chi connectivity index (χ0n) is 16.1. The monoisotopic (exact) mass is 355 g/mol. The van der Waals surface area contributed by atoms with Crippen LogP contribution in [-0.2, 0) is 9.47 Å². The number of aliphatic imine (C=N–C) groups is 1. The van der Waals surface area contributed by atoms with Crippen molar-refractivity contribution in [2.75, 3.05) is 39.5 Å². The fourth-order valence-electron chi connectivity index (χ4n) is 3.81. The molecule has 6 nitrogen and oxygen atoms in total. The fraction of sp³-hybridized carbons (Fsp3) is 0.947. The lowest BCUT2D eigenvalue weighted by Crippen LogP contribution is -2.43. The molecular weight excluding hydrogens is 318 g/mol. The van der Waals surface area contributed by atoms with Crippen molar-refractivity contribution in [3.05, 3.63) is 0 Å². The summed E-state index contributed by atoms with van der Waals surface area (Å²) >= 11 is 0. The van der Waals surface area contributed by atoms with Crippen molar-refractivity contribution in [2.24, 2.45) is 10.9 Å². The molecule has 25 heavy (non-hydrogen) atoms. The van der Waals surface area contributed by atoms with Crippen molar-refractivity contribution < 1.29 is 14.6 Å². The van der Waals surface area contributed by atoms with Gasteiger partial charge < -0.3 is 25.2 Å². The number of hydrogen-bond donors (Lipinski definition) is 3. The Bertz CT molecular complexity index is 391. The molecule has 0 bridgehead atoms. The minimum atomic E-state index is -0.724. The van der Waals surface area contributed by atoms with Crippen molar-refractivity contribution in [3.63, 3.8) is 0 Å². The van der Waals surface area contributed by atoms with E-state index in [1.807, 2.05) is 0 Å². The summed E-state index contributed by atoms with van der Waals surface area (Å²) in [5, 5.41) is 17.2. The fourth-order valence-corrected chi connectivity index (χ4v) is 3.81. The molecule has 0 aromatic heterocycles. The van der Waals surface area contributed by atoms with Crippen molar-refractivity contribution >= 4 is 5.96 Å². The van der Waals surface area contributed by atoms with Crippen LogP contribution in [0.2, 0.25) is 0 Å². The zero-order valence-corrected chi connectivity index (χ0v) is 16.1. The number of rotatable bonds is 9. The molecule has 2 aliphatic rings. The van der Waals surface area contributed by atoms with E-state index >= 15 is 0 Å². The highest BCUT2D eigenvalue weighted by molar-refractivity contribution is 5.79. The summed E-state index contributed by atoms with van der Waals surface area (Å²) in [5.74, 6) is 1.49. The van der Waals surface area contributed by atoms with Gasteiger partial charge in [0.25, 0.3) is 0 Å². The Morgan fingerprint density at radius 1 is 1.24 bits per heavy atom. The number of nitrogens with zero attached hydrogens (tertiary/aromatic N) is 1. The van der Waals surface area contributed by atoms with Gasteiger partial charge >= 0.3 is 0 Å². The van der Waals surface area contributed by atoms with E-state index < -0.39 is 5.60 Å². The second kappa shape index (κ2) is 11.0. The van der Waals surface area contributed by atoms with Crippen LogP contribution in [0.25, 0.3) is 0 Å².